The molecule has 2 heterocycles. The van der Waals surface area contributed by atoms with E-state index in [-0.39, 0.29) is 0 Å². The second-order valence-corrected chi connectivity index (χ2v) is 8.42. The maximum atomic E-state index is 3.71. The first kappa shape index (κ1) is 14.0. The molecule has 0 radical (unpaired) electrons. The van der Waals surface area contributed by atoms with Crippen LogP contribution in [0.2, 0.25) is 0 Å². The molecule has 2 atom stereocenters. The van der Waals surface area contributed by atoms with E-state index in [1.54, 1.807) is 0 Å². The summed E-state index contributed by atoms with van der Waals surface area (Å²) in [5.74, 6) is 0.596. The van der Waals surface area contributed by atoms with Crippen molar-refractivity contribution in [3.63, 3.8) is 0 Å². The van der Waals surface area contributed by atoms with Crippen molar-refractivity contribution in [2.24, 2.45) is 0 Å². The summed E-state index contributed by atoms with van der Waals surface area (Å²) in [7, 11) is 0. The van der Waals surface area contributed by atoms with Crippen LogP contribution in [0.5, 0.6) is 0 Å². The normalized spacial score (nSPS) is 21.8. The van der Waals surface area contributed by atoms with Crippen LogP contribution in [0.25, 0.3) is 0 Å². The predicted molar refractivity (Wildman–Crippen MR) is 91.1 cm³/mol. The third-order valence-electron chi connectivity index (χ3n) is 3.83. The summed E-state index contributed by atoms with van der Waals surface area (Å²) < 4.78 is 1.49. The number of benzene rings is 1. The molecule has 0 saturated heterocycles. The number of thioether (sulfide) groups is 1. The van der Waals surface area contributed by atoms with Crippen molar-refractivity contribution in [2.45, 2.75) is 48.6 Å². The second-order valence-electron chi connectivity index (χ2n) is 5.80. The van der Waals surface area contributed by atoms with Gasteiger partial charge in [0, 0.05) is 10.9 Å². The third-order valence-corrected chi connectivity index (χ3v) is 6.17. The molecule has 1 aliphatic rings. The SMILES string of the molecule is CC(C)c1ccc(NC2C[C@H](C)Sc3sccc32)cc1. The van der Waals surface area contributed by atoms with E-state index in [0.29, 0.717) is 17.2 Å². The Morgan fingerprint density at radius 1 is 1.15 bits per heavy atom. The van der Waals surface area contributed by atoms with E-state index in [2.05, 4.69) is 61.8 Å². The Bertz CT molecular complexity index is 571. The molecule has 0 bridgehead atoms. The zero-order chi connectivity index (χ0) is 14.1. The molecule has 0 spiro atoms. The molecule has 3 heteroatoms. The number of hydrogen-bond donors (Lipinski definition) is 1. The maximum Gasteiger partial charge on any atom is 0.0653 e. The number of thiophene rings is 1. The van der Waals surface area contributed by atoms with Crippen LogP contribution in [0.4, 0.5) is 5.69 Å². The van der Waals surface area contributed by atoms with E-state index >= 15 is 0 Å². The van der Waals surface area contributed by atoms with Crippen molar-refractivity contribution in [2.75, 3.05) is 5.32 Å². The summed E-state index contributed by atoms with van der Waals surface area (Å²) in [5.41, 5.74) is 4.11. The summed E-state index contributed by atoms with van der Waals surface area (Å²) in [4.78, 5) is 0. The number of anilines is 1. The monoisotopic (exact) mass is 303 g/mol. The van der Waals surface area contributed by atoms with Crippen molar-refractivity contribution in [3.05, 3.63) is 46.8 Å². The van der Waals surface area contributed by atoms with E-state index in [4.69, 9.17) is 0 Å². The van der Waals surface area contributed by atoms with Gasteiger partial charge >= 0.3 is 0 Å². The molecule has 1 unspecified atom stereocenters. The first-order chi connectivity index (χ1) is 9.63. The first-order valence-electron chi connectivity index (χ1n) is 7.24. The topological polar surface area (TPSA) is 12.0 Å². The Morgan fingerprint density at radius 2 is 1.90 bits per heavy atom. The summed E-state index contributed by atoms with van der Waals surface area (Å²) in [5, 5.41) is 6.62. The summed E-state index contributed by atoms with van der Waals surface area (Å²) in [6, 6.07) is 11.6. The number of hydrogen-bond acceptors (Lipinski definition) is 3. The minimum Gasteiger partial charge on any atom is -0.378 e. The van der Waals surface area contributed by atoms with Gasteiger partial charge < -0.3 is 5.32 Å². The van der Waals surface area contributed by atoms with Gasteiger partial charge in [0.1, 0.15) is 0 Å². The van der Waals surface area contributed by atoms with Crippen LogP contribution in [0, 0.1) is 0 Å². The van der Waals surface area contributed by atoms with Gasteiger partial charge in [0.2, 0.25) is 0 Å². The molecule has 1 aromatic heterocycles. The predicted octanol–water partition coefficient (Wildman–Crippen LogP) is 5.91. The number of rotatable bonds is 3. The standard InChI is InChI=1S/C17H21NS2/c1-11(2)13-4-6-14(7-5-13)18-16-10-12(3)20-17-15(16)8-9-19-17/h4-9,11-12,16,18H,10H2,1-3H3/t12-,16?/m0/s1. The van der Waals surface area contributed by atoms with Gasteiger partial charge in [0.15, 0.2) is 0 Å². The van der Waals surface area contributed by atoms with Crippen LogP contribution in [-0.4, -0.2) is 5.25 Å². The van der Waals surface area contributed by atoms with Crippen molar-refractivity contribution in [3.8, 4) is 0 Å². The zero-order valence-electron chi connectivity index (χ0n) is 12.2. The second kappa shape index (κ2) is 5.82. The molecule has 20 heavy (non-hydrogen) atoms. The fourth-order valence-corrected chi connectivity index (χ4v) is 5.22. The van der Waals surface area contributed by atoms with Gasteiger partial charge in [-0.3, -0.25) is 0 Å². The van der Waals surface area contributed by atoms with Crippen LogP contribution in [-0.2, 0) is 0 Å². The molecule has 3 rings (SSSR count). The van der Waals surface area contributed by atoms with Gasteiger partial charge in [-0.1, -0.05) is 32.9 Å². The average molecular weight is 303 g/mol. The molecule has 0 saturated carbocycles. The van der Waals surface area contributed by atoms with Gasteiger partial charge in [-0.05, 0) is 47.0 Å². The van der Waals surface area contributed by atoms with Crippen molar-refractivity contribution < 1.29 is 0 Å². The highest BCUT2D eigenvalue weighted by Crippen LogP contribution is 2.44. The lowest BCUT2D eigenvalue weighted by atomic mass is 10.0. The highest BCUT2D eigenvalue weighted by atomic mass is 32.2. The van der Waals surface area contributed by atoms with Crippen molar-refractivity contribution >= 4 is 28.8 Å². The van der Waals surface area contributed by atoms with Crippen molar-refractivity contribution in [1.29, 1.82) is 0 Å². The van der Waals surface area contributed by atoms with Crippen LogP contribution in [0.3, 0.4) is 0 Å². The molecule has 1 N–H and O–H groups in total. The Balaban J connectivity index is 1.78. The molecule has 0 amide bonds. The molecular weight excluding hydrogens is 282 g/mol. The highest BCUT2D eigenvalue weighted by Gasteiger charge is 2.26. The Labute approximate surface area is 129 Å². The Morgan fingerprint density at radius 3 is 2.60 bits per heavy atom. The smallest absolute Gasteiger partial charge is 0.0653 e. The lowest BCUT2D eigenvalue weighted by molar-refractivity contribution is 0.670. The van der Waals surface area contributed by atoms with Gasteiger partial charge in [0.05, 0.1) is 10.3 Å². The van der Waals surface area contributed by atoms with Crippen LogP contribution < -0.4 is 5.32 Å². The maximum absolute atomic E-state index is 3.71. The van der Waals surface area contributed by atoms with Gasteiger partial charge in [-0.2, -0.15) is 0 Å². The van der Waals surface area contributed by atoms with E-state index < -0.39 is 0 Å². The molecule has 0 aliphatic carbocycles. The third kappa shape index (κ3) is 2.89. The fourth-order valence-electron chi connectivity index (χ4n) is 2.65. The largest absolute Gasteiger partial charge is 0.378 e. The number of nitrogens with one attached hydrogen (secondary N) is 1. The minimum absolute atomic E-state index is 0.456. The molecular formula is C17H21NS2. The molecule has 106 valence electrons. The van der Waals surface area contributed by atoms with E-state index in [0.717, 1.165) is 0 Å². The van der Waals surface area contributed by atoms with Crippen molar-refractivity contribution in [1.82, 2.24) is 0 Å². The molecule has 0 fully saturated rings. The van der Waals surface area contributed by atoms with Crippen LogP contribution in [0.1, 0.15) is 50.3 Å². The minimum atomic E-state index is 0.456. The Hall–Kier alpha value is -0.930. The lowest BCUT2D eigenvalue weighted by Crippen LogP contribution is -2.18. The van der Waals surface area contributed by atoms with E-state index in [9.17, 15) is 0 Å². The molecule has 1 nitrogen and oxygen atoms in total. The van der Waals surface area contributed by atoms with Crippen LogP contribution >= 0.6 is 23.1 Å². The van der Waals surface area contributed by atoms with Gasteiger partial charge in [0.25, 0.3) is 0 Å². The van der Waals surface area contributed by atoms with Gasteiger partial charge in [-0.25, -0.2) is 0 Å². The highest BCUT2D eigenvalue weighted by molar-refractivity contribution is 8.01. The fraction of sp³-hybridized carbons (Fsp3) is 0.412. The first-order valence-corrected chi connectivity index (χ1v) is 9.00. The molecule has 2 aromatic rings. The zero-order valence-corrected chi connectivity index (χ0v) is 13.9. The Kier molecular flexibility index (Phi) is 4.08. The summed E-state index contributed by atoms with van der Waals surface area (Å²) >= 11 is 3.89. The van der Waals surface area contributed by atoms with E-state index in [1.807, 2.05) is 23.1 Å². The van der Waals surface area contributed by atoms with Crippen LogP contribution in [0.15, 0.2) is 39.9 Å². The summed E-state index contributed by atoms with van der Waals surface area (Å²) in [6.07, 6.45) is 1.19. The van der Waals surface area contributed by atoms with Gasteiger partial charge in [-0.15, -0.1) is 23.1 Å². The molecule has 1 aromatic carbocycles. The quantitative estimate of drug-likeness (QED) is 0.756. The number of fused-ring (bicyclic) bond motifs is 1. The van der Waals surface area contributed by atoms with E-state index in [1.165, 1.54) is 27.4 Å². The summed E-state index contributed by atoms with van der Waals surface area (Å²) in [6.45, 7) is 6.80. The average Bonchev–Trinajstić information content (AvgIpc) is 2.87. The molecule has 1 aliphatic heterocycles. The lowest BCUT2D eigenvalue weighted by Gasteiger charge is -2.28.